The molecule has 0 aromatic heterocycles. The maximum absolute atomic E-state index is 11.2. The fourth-order valence-electron chi connectivity index (χ4n) is 1.14. The zero-order valence-corrected chi connectivity index (χ0v) is 7.73. The van der Waals surface area contributed by atoms with Crippen LogP contribution in [0.1, 0.15) is 5.56 Å². The van der Waals surface area contributed by atoms with Gasteiger partial charge in [-0.15, -0.1) is 4.86 Å². The van der Waals surface area contributed by atoms with Crippen LogP contribution in [0, 0.1) is 5.21 Å². The Labute approximate surface area is 78.0 Å². The Morgan fingerprint density at radius 2 is 2.25 bits per heavy atom. The Kier molecular flexibility index (Phi) is 1.73. The normalized spacial score (nSPS) is 15.4. The van der Waals surface area contributed by atoms with E-state index in [1.54, 1.807) is 6.07 Å². The molecule has 0 saturated carbocycles. The number of fused-ring (bicyclic) bond motifs is 1. The van der Waals surface area contributed by atoms with Gasteiger partial charge in [0.25, 0.3) is 0 Å². The standard InChI is InChI=1S/C7H6BrN3O/c8-10-5-6-3-1-2-4-7(6)11(12)9-10/h1-4H,5H2. The van der Waals surface area contributed by atoms with Gasteiger partial charge in [0, 0.05) is 5.56 Å². The third-order valence-electron chi connectivity index (χ3n) is 1.68. The molecule has 1 aromatic carbocycles. The smallest absolute Gasteiger partial charge is 0.213 e. The highest BCUT2D eigenvalue weighted by Crippen LogP contribution is 2.25. The summed E-state index contributed by atoms with van der Waals surface area (Å²) in [5.74, 6) is 0. The van der Waals surface area contributed by atoms with Crippen LogP contribution < -0.4 is 0 Å². The zero-order valence-electron chi connectivity index (χ0n) is 6.14. The van der Waals surface area contributed by atoms with Crippen LogP contribution >= 0.6 is 16.1 Å². The van der Waals surface area contributed by atoms with Gasteiger partial charge in [-0.2, -0.15) is 0 Å². The van der Waals surface area contributed by atoms with Gasteiger partial charge in [0.1, 0.15) is 11.8 Å². The summed E-state index contributed by atoms with van der Waals surface area (Å²) >= 11 is 3.12. The molecule has 2 rings (SSSR count). The second-order valence-corrected chi connectivity index (χ2v) is 3.30. The largest absolute Gasteiger partial charge is 0.691 e. The van der Waals surface area contributed by atoms with Gasteiger partial charge < -0.3 is 5.21 Å². The van der Waals surface area contributed by atoms with Crippen molar-refractivity contribution >= 4 is 21.8 Å². The van der Waals surface area contributed by atoms with E-state index < -0.39 is 0 Å². The molecule has 0 N–H and O–H groups in total. The molecule has 0 bridgehead atoms. The fourth-order valence-corrected chi connectivity index (χ4v) is 1.54. The van der Waals surface area contributed by atoms with Crippen LogP contribution in [0.25, 0.3) is 0 Å². The summed E-state index contributed by atoms with van der Waals surface area (Å²) in [7, 11) is 0. The summed E-state index contributed by atoms with van der Waals surface area (Å²) in [5, 5.41) is 14.8. The predicted octanol–water partition coefficient (Wildman–Crippen LogP) is 2.32. The van der Waals surface area contributed by atoms with E-state index >= 15 is 0 Å². The first-order valence-electron chi connectivity index (χ1n) is 3.47. The van der Waals surface area contributed by atoms with Crippen molar-refractivity contribution in [3.05, 3.63) is 35.0 Å². The van der Waals surface area contributed by atoms with E-state index in [0.717, 1.165) is 5.56 Å². The van der Waals surface area contributed by atoms with Gasteiger partial charge in [-0.25, -0.2) is 0 Å². The van der Waals surface area contributed by atoms with E-state index in [1.165, 1.54) is 4.03 Å². The lowest BCUT2D eigenvalue weighted by molar-refractivity contribution is -0.461. The van der Waals surface area contributed by atoms with Crippen LogP contribution in [0.4, 0.5) is 5.69 Å². The summed E-state index contributed by atoms with van der Waals surface area (Å²) in [4.78, 5) is 0.605. The molecular weight excluding hydrogens is 222 g/mol. The molecule has 62 valence electrons. The van der Waals surface area contributed by atoms with Gasteiger partial charge >= 0.3 is 0 Å². The fraction of sp³-hybridized carbons (Fsp3) is 0.143. The molecule has 1 aliphatic rings. The van der Waals surface area contributed by atoms with Crippen molar-refractivity contribution in [3.63, 3.8) is 0 Å². The summed E-state index contributed by atoms with van der Waals surface area (Å²) in [6, 6.07) is 7.39. The van der Waals surface area contributed by atoms with Crippen molar-refractivity contribution in [1.82, 2.24) is 4.03 Å². The van der Waals surface area contributed by atoms with Crippen molar-refractivity contribution in [3.8, 4) is 0 Å². The highest BCUT2D eigenvalue weighted by Gasteiger charge is 2.18. The van der Waals surface area contributed by atoms with Gasteiger partial charge in [0.05, 0.1) is 0 Å². The number of halogens is 1. The minimum Gasteiger partial charge on any atom is -0.691 e. The molecule has 0 atom stereocenters. The zero-order chi connectivity index (χ0) is 8.55. The number of benzene rings is 1. The molecule has 1 aromatic rings. The van der Waals surface area contributed by atoms with Gasteiger partial charge in [0.2, 0.25) is 16.1 Å². The number of hydrogen-bond donors (Lipinski definition) is 0. The molecular formula is C7H6BrN3O. The predicted molar refractivity (Wildman–Crippen MR) is 46.6 cm³/mol. The van der Waals surface area contributed by atoms with Gasteiger partial charge in [-0.1, -0.05) is 22.2 Å². The second-order valence-electron chi connectivity index (χ2n) is 2.49. The monoisotopic (exact) mass is 227 g/mol. The molecule has 0 amide bonds. The van der Waals surface area contributed by atoms with Gasteiger partial charge in [-0.3, -0.25) is 0 Å². The van der Waals surface area contributed by atoms with Crippen LogP contribution in [0.5, 0.6) is 0 Å². The van der Waals surface area contributed by atoms with Crippen molar-refractivity contribution in [2.24, 2.45) is 5.22 Å². The lowest BCUT2D eigenvalue weighted by Gasteiger charge is -2.16. The Morgan fingerprint density at radius 1 is 1.50 bits per heavy atom. The SMILES string of the molecule is [O-][N+]1=NN(Br)Cc2ccccc21. The summed E-state index contributed by atoms with van der Waals surface area (Å²) in [5.41, 5.74) is 1.59. The first kappa shape index (κ1) is 7.54. The average Bonchev–Trinajstić information content (AvgIpc) is 2.04. The molecule has 0 unspecified atom stereocenters. The number of hydrogen-bond acceptors (Lipinski definition) is 3. The molecule has 0 spiro atoms. The molecule has 0 aliphatic carbocycles. The van der Waals surface area contributed by atoms with E-state index in [4.69, 9.17) is 0 Å². The maximum atomic E-state index is 11.2. The Morgan fingerprint density at radius 3 is 3.08 bits per heavy atom. The first-order valence-corrected chi connectivity index (χ1v) is 4.18. The minimum atomic E-state index is 0.605. The van der Waals surface area contributed by atoms with Crippen molar-refractivity contribution in [1.29, 1.82) is 0 Å². The minimum absolute atomic E-state index is 0.605. The van der Waals surface area contributed by atoms with E-state index in [1.807, 2.05) is 18.2 Å². The van der Waals surface area contributed by atoms with Crippen LogP contribution in [-0.2, 0) is 6.54 Å². The number of nitrogens with zero attached hydrogens (tertiary/aromatic N) is 3. The highest BCUT2D eigenvalue weighted by atomic mass is 79.9. The van der Waals surface area contributed by atoms with Crippen LogP contribution in [0.15, 0.2) is 29.5 Å². The van der Waals surface area contributed by atoms with Gasteiger partial charge in [0.15, 0.2) is 5.69 Å². The lowest BCUT2D eigenvalue weighted by Crippen LogP contribution is -2.14. The quantitative estimate of drug-likeness (QED) is 0.388. The average molecular weight is 228 g/mol. The molecule has 4 nitrogen and oxygen atoms in total. The Hall–Kier alpha value is -1.10. The molecule has 12 heavy (non-hydrogen) atoms. The third-order valence-corrected chi connectivity index (χ3v) is 2.07. The van der Waals surface area contributed by atoms with Gasteiger partial charge in [-0.05, 0) is 6.07 Å². The summed E-state index contributed by atoms with van der Waals surface area (Å²) in [6.45, 7) is 0.620. The summed E-state index contributed by atoms with van der Waals surface area (Å²) < 4.78 is 1.43. The van der Waals surface area contributed by atoms with Crippen LogP contribution in [-0.4, -0.2) is 8.90 Å². The van der Waals surface area contributed by atoms with Crippen molar-refractivity contribution < 1.29 is 4.86 Å². The summed E-state index contributed by atoms with van der Waals surface area (Å²) in [6.07, 6.45) is 0. The second kappa shape index (κ2) is 2.75. The molecule has 0 fully saturated rings. The molecule has 1 heterocycles. The van der Waals surface area contributed by atoms with E-state index in [-0.39, 0.29) is 0 Å². The Bertz CT molecular complexity index is 339. The topological polar surface area (TPSA) is 41.7 Å². The number of rotatable bonds is 0. The highest BCUT2D eigenvalue weighted by molar-refractivity contribution is 9.07. The number of para-hydroxylation sites is 1. The van der Waals surface area contributed by atoms with Crippen LogP contribution in [0.2, 0.25) is 0 Å². The Balaban J connectivity index is 2.53. The van der Waals surface area contributed by atoms with E-state index in [9.17, 15) is 5.21 Å². The lowest BCUT2D eigenvalue weighted by atomic mass is 10.2. The van der Waals surface area contributed by atoms with E-state index in [2.05, 4.69) is 21.4 Å². The van der Waals surface area contributed by atoms with Crippen LogP contribution in [0.3, 0.4) is 0 Å². The molecule has 5 heteroatoms. The van der Waals surface area contributed by atoms with E-state index in [0.29, 0.717) is 17.1 Å². The third kappa shape index (κ3) is 1.16. The molecule has 1 aliphatic heterocycles. The van der Waals surface area contributed by atoms with Crippen molar-refractivity contribution in [2.45, 2.75) is 6.54 Å². The maximum Gasteiger partial charge on any atom is 0.213 e. The first-order chi connectivity index (χ1) is 5.77. The van der Waals surface area contributed by atoms with Crippen molar-refractivity contribution in [2.75, 3.05) is 0 Å². The molecule has 0 saturated heterocycles. The molecule has 0 radical (unpaired) electrons.